The Morgan fingerprint density at radius 3 is 2.84 bits per heavy atom. The van der Waals surface area contributed by atoms with Crippen molar-refractivity contribution in [3.05, 3.63) is 0 Å². The topological polar surface area (TPSA) is 93.1 Å². The number of nitrogens with zero attached hydrogens (tertiary/aromatic N) is 2. The van der Waals surface area contributed by atoms with Gasteiger partial charge in [0, 0.05) is 38.6 Å². The number of aliphatic carboxylic acids is 1. The van der Waals surface area contributed by atoms with E-state index >= 15 is 0 Å². The lowest BCUT2D eigenvalue weighted by atomic mass is 10.1. The minimum Gasteiger partial charge on any atom is -0.479 e. The molecule has 2 fully saturated rings. The number of carboxylic acid groups (broad SMARTS) is 1. The highest BCUT2D eigenvalue weighted by atomic mass is 16.4. The molecule has 2 rings (SSSR count). The summed E-state index contributed by atoms with van der Waals surface area (Å²) in [7, 11) is 0. The predicted octanol–water partition coefficient (Wildman–Crippen LogP) is -0.688. The second kappa shape index (κ2) is 6.21. The minimum atomic E-state index is -1.41. The molecule has 0 saturated carbocycles. The maximum atomic E-state index is 11.9. The lowest BCUT2D eigenvalue weighted by molar-refractivity contribution is -0.146. The molecular weight excluding hydrogens is 250 g/mol. The third-order valence-electron chi connectivity index (χ3n) is 3.85. The molecule has 0 spiro atoms. The maximum absolute atomic E-state index is 11.9. The Labute approximate surface area is 112 Å². The van der Waals surface area contributed by atoms with Gasteiger partial charge in [0.05, 0.1) is 0 Å². The van der Waals surface area contributed by atoms with Gasteiger partial charge in [-0.1, -0.05) is 0 Å². The molecule has 19 heavy (non-hydrogen) atoms. The van der Waals surface area contributed by atoms with Crippen molar-refractivity contribution in [2.45, 2.75) is 31.4 Å². The number of urea groups is 1. The molecule has 0 radical (unpaired) electrons. The van der Waals surface area contributed by atoms with Crippen LogP contribution in [0.15, 0.2) is 0 Å². The number of rotatable bonds is 4. The van der Waals surface area contributed by atoms with Crippen LogP contribution in [-0.4, -0.2) is 76.9 Å². The fourth-order valence-corrected chi connectivity index (χ4v) is 2.73. The van der Waals surface area contributed by atoms with Gasteiger partial charge >= 0.3 is 12.0 Å². The predicted molar refractivity (Wildman–Crippen MR) is 67.8 cm³/mol. The molecule has 1 unspecified atom stereocenters. The second-order valence-electron chi connectivity index (χ2n) is 5.15. The van der Waals surface area contributed by atoms with E-state index in [0.29, 0.717) is 12.6 Å². The summed E-state index contributed by atoms with van der Waals surface area (Å²) in [6, 6.07) is 0.313. The normalized spacial score (nSPS) is 24.9. The molecule has 0 aromatic heterocycles. The van der Waals surface area contributed by atoms with Gasteiger partial charge in [-0.25, -0.2) is 9.59 Å². The van der Waals surface area contributed by atoms with Crippen LogP contribution >= 0.6 is 0 Å². The van der Waals surface area contributed by atoms with Gasteiger partial charge in [-0.2, -0.15) is 0 Å². The third kappa shape index (κ3) is 3.57. The van der Waals surface area contributed by atoms with Gasteiger partial charge in [0.1, 0.15) is 0 Å². The van der Waals surface area contributed by atoms with Crippen molar-refractivity contribution in [3.63, 3.8) is 0 Å². The number of fused-ring (bicyclic) bond motifs is 1. The lowest BCUT2D eigenvalue weighted by Crippen LogP contribution is -2.54. The van der Waals surface area contributed by atoms with Crippen molar-refractivity contribution < 1.29 is 19.8 Å². The fraction of sp³-hybridized carbons (Fsp3) is 0.833. The van der Waals surface area contributed by atoms with E-state index in [9.17, 15) is 9.59 Å². The van der Waals surface area contributed by atoms with Crippen molar-refractivity contribution in [1.29, 1.82) is 0 Å². The van der Waals surface area contributed by atoms with Crippen molar-refractivity contribution in [3.8, 4) is 0 Å². The van der Waals surface area contributed by atoms with Gasteiger partial charge in [0.25, 0.3) is 0 Å². The molecule has 108 valence electrons. The Morgan fingerprint density at radius 1 is 1.32 bits per heavy atom. The average molecular weight is 271 g/mol. The van der Waals surface area contributed by atoms with Gasteiger partial charge in [0.2, 0.25) is 0 Å². The third-order valence-corrected chi connectivity index (χ3v) is 3.85. The van der Waals surface area contributed by atoms with Crippen LogP contribution < -0.4 is 5.32 Å². The molecule has 2 amide bonds. The number of aliphatic hydroxyl groups is 1. The highest BCUT2D eigenvalue weighted by molar-refractivity contribution is 5.75. The molecule has 0 aromatic carbocycles. The van der Waals surface area contributed by atoms with Crippen molar-refractivity contribution >= 4 is 12.0 Å². The maximum Gasteiger partial charge on any atom is 0.332 e. The highest BCUT2D eigenvalue weighted by Gasteiger charge is 2.32. The van der Waals surface area contributed by atoms with E-state index in [1.54, 1.807) is 4.90 Å². The van der Waals surface area contributed by atoms with E-state index in [-0.39, 0.29) is 19.0 Å². The quantitative estimate of drug-likeness (QED) is 0.629. The number of hydrogen-bond acceptors (Lipinski definition) is 4. The number of carbonyl (C=O) groups is 2. The number of hydrogen-bond donors (Lipinski definition) is 3. The molecule has 2 atom stereocenters. The second-order valence-corrected chi connectivity index (χ2v) is 5.15. The molecule has 2 aliphatic rings. The number of piperazine rings is 1. The number of carboxylic acids is 1. The first kappa shape index (κ1) is 14.1. The van der Waals surface area contributed by atoms with Gasteiger partial charge < -0.3 is 20.4 Å². The summed E-state index contributed by atoms with van der Waals surface area (Å²) in [6.45, 7) is 3.68. The number of nitrogens with one attached hydrogen (secondary N) is 1. The van der Waals surface area contributed by atoms with Crippen LogP contribution in [0.1, 0.15) is 19.3 Å². The Balaban J connectivity index is 1.70. The number of carbonyl (C=O) groups excluding carboxylic acids is 1. The van der Waals surface area contributed by atoms with E-state index in [1.165, 1.54) is 6.42 Å². The molecule has 2 saturated heterocycles. The smallest absolute Gasteiger partial charge is 0.332 e. The summed E-state index contributed by atoms with van der Waals surface area (Å²) in [5.41, 5.74) is 0. The van der Waals surface area contributed by atoms with Crippen LogP contribution in [0.25, 0.3) is 0 Å². The molecule has 2 heterocycles. The van der Waals surface area contributed by atoms with E-state index in [2.05, 4.69) is 10.2 Å². The van der Waals surface area contributed by atoms with Gasteiger partial charge in [0.15, 0.2) is 6.10 Å². The zero-order chi connectivity index (χ0) is 13.8. The van der Waals surface area contributed by atoms with Crippen molar-refractivity contribution in [2.75, 3.05) is 32.7 Å². The minimum absolute atomic E-state index is 0.0322. The summed E-state index contributed by atoms with van der Waals surface area (Å²) in [5.74, 6) is -1.26. The zero-order valence-corrected chi connectivity index (χ0v) is 10.9. The molecule has 3 N–H and O–H groups in total. The van der Waals surface area contributed by atoms with E-state index < -0.39 is 12.1 Å². The van der Waals surface area contributed by atoms with E-state index in [4.69, 9.17) is 10.2 Å². The average Bonchev–Trinajstić information content (AvgIpc) is 2.85. The lowest BCUT2D eigenvalue weighted by Gasteiger charge is -2.37. The molecule has 0 aromatic rings. The highest BCUT2D eigenvalue weighted by Crippen LogP contribution is 2.21. The van der Waals surface area contributed by atoms with Gasteiger partial charge in [-0.15, -0.1) is 0 Å². The van der Waals surface area contributed by atoms with Crippen LogP contribution in [0.3, 0.4) is 0 Å². The first-order valence-electron chi connectivity index (χ1n) is 6.75. The van der Waals surface area contributed by atoms with Gasteiger partial charge in [-0.3, -0.25) is 4.90 Å². The standard InChI is InChI=1S/C12H21N3O4/c16-10(11(17)18)3-4-13-12(19)15-7-6-14-5-1-2-9(14)8-15/h9-10,16H,1-8H2,(H,13,19)(H,17,18)/t9?,10-/m0/s1. The van der Waals surface area contributed by atoms with Gasteiger partial charge in [-0.05, 0) is 19.4 Å². The van der Waals surface area contributed by atoms with Crippen LogP contribution in [0, 0.1) is 0 Å². The molecule has 7 heteroatoms. The molecular formula is C12H21N3O4. The first-order valence-corrected chi connectivity index (χ1v) is 6.75. The van der Waals surface area contributed by atoms with Crippen LogP contribution in [0.4, 0.5) is 4.79 Å². The van der Waals surface area contributed by atoms with Crippen LogP contribution in [0.2, 0.25) is 0 Å². The fourth-order valence-electron chi connectivity index (χ4n) is 2.73. The summed E-state index contributed by atoms with van der Waals surface area (Å²) in [6.07, 6.45) is 0.962. The number of aliphatic hydroxyl groups excluding tert-OH is 1. The monoisotopic (exact) mass is 271 g/mol. The van der Waals surface area contributed by atoms with Crippen LogP contribution in [-0.2, 0) is 4.79 Å². The molecule has 2 aliphatic heterocycles. The zero-order valence-electron chi connectivity index (χ0n) is 10.9. The summed E-state index contributed by atoms with van der Waals surface area (Å²) >= 11 is 0. The molecule has 7 nitrogen and oxygen atoms in total. The Kier molecular flexibility index (Phi) is 4.60. The number of amides is 2. The Hall–Kier alpha value is -1.34. The summed E-state index contributed by atoms with van der Waals surface area (Å²) in [4.78, 5) is 26.5. The van der Waals surface area contributed by atoms with Crippen LogP contribution in [0.5, 0.6) is 0 Å². The van der Waals surface area contributed by atoms with E-state index in [1.807, 2.05) is 0 Å². The summed E-state index contributed by atoms with van der Waals surface area (Å²) in [5, 5.41) is 20.3. The van der Waals surface area contributed by atoms with E-state index in [0.717, 1.165) is 26.1 Å². The molecule has 0 bridgehead atoms. The van der Waals surface area contributed by atoms with Crippen molar-refractivity contribution in [1.82, 2.24) is 15.1 Å². The first-order chi connectivity index (χ1) is 9.08. The van der Waals surface area contributed by atoms with Crippen molar-refractivity contribution in [2.24, 2.45) is 0 Å². The summed E-state index contributed by atoms with van der Waals surface area (Å²) < 4.78 is 0. The Bertz CT molecular complexity index is 350. The Morgan fingerprint density at radius 2 is 2.11 bits per heavy atom. The molecule has 0 aliphatic carbocycles. The largest absolute Gasteiger partial charge is 0.479 e. The SMILES string of the molecule is O=C(O)[C@@H](O)CCNC(=O)N1CCN2CCCC2C1.